The molecule has 0 spiro atoms. The summed E-state index contributed by atoms with van der Waals surface area (Å²) in [5.41, 5.74) is -0.685. The molecule has 0 unspecified atom stereocenters. The number of alkyl halides is 3. The van der Waals surface area contributed by atoms with Crippen LogP contribution >= 0.6 is 11.3 Å². The number of amides is 1. The zero-order chi connectivity index (χ0) is 15.7. The fraction of sp³-hybridized carbons (Fsp3) is 0.429. The maximum absolute atomic E-state index is 12.6. The van der Waals surface area contributed by atoms with Gasteiger partial charge < -0.3 is 4.90 Å². The molecule has 1 N–H and O–H groups in total. The number of H-pyrrole nitrogens is 1. The van der Waals surface area contributed by atoms with Crippen molar-refractivity contribution < 1.29 is 18.0 Å². The Kier molecular flexibility index (Phi) is 3.94. The van der Waals surface area contributed by atoms with Gasteiger partial charge in [-0.25, -0.2) is 0 Å². The number of likely N-dealkylation sites (tertiary alicyclic amines) is 1. The van der Waals surface area contributed by atoms with Crippen LogP contribution in [0.2, 0.25) is 0 Å². The van der Waals surface area contributed by atoms with E-state index in [4.69, 9.17) is 0 Å². The normalized spacial score (nSPS) is 16.0. The van der Waals surface area contributed by atoms with E-state index in [-0.39, 0.29) is 11.6 Å². The van der Waals surface area contributed by atoms with Crippen LogP contribution in [0.3, 0.4) is 0 Å². The van der Waals surface area contributed by atoms with Crippen molar-refractivity contribution in [2.75, 3.05) is 13.1 Å². The van der Waals surface area contributed by atoms with Crippen LogP contribution in [0.4, 0.5) is 13.2 Å². The number of piperidine rings is 1. The number of halogens is 3. The number of hydrogen-bond acceptors (Lipinski definition) is 3. The molecule has 2 aromatic rings. The van der Waals surface area contributed by atoms with Crippen LogP contribution in [0.15, 0.2) is 18.2 Å². The third-order valence-corrected chi connectivity index (χ3v) is 4.69. The van der Waals surface area contributed by atoms with Crippen LogP contribution in [0, 0.1) is 0 Å². The molecule has 0 radical (unpaired) electrons. The molecular formula is C14H14F3N3OS. The summed E-state index contributed by atoms with van der Waals surface area (Å²) in [6.45, 7) is 1.49. The van der Waals surface area contributed by atoms with E-state index in [1.807, 2.05) is 5.10 Å². The molecule has 1 aliphatic heterocycles. The minimum atomic E-state index is -4.45. The van der Waals surface area contributed by atoms with Crippen LogP contribution in [-0.4, -0.2) is 34.1 Å². The Hall–Kier alpha value is -1.83. The molecular weight excluding hydrogens is 315 g/mol. The first-order valence-corrected chi connectivity index (χ1v) is 7.79. The summed E-state index contributed by atoms with van der Waals surface area (Å²) in [5, 5.41) is 5.66. The zero-order valence-electron chi connectivity index (χ0n) is 11.6. The van der Waals surface area contributed by atoms with Crippen molar-refractivity contribution in [1.29, 1.82) is 0 Å². The van der Waals surface area contributed by atoms with Crippen LogP contribution in [0.25, 0.3) is 10.6 Å². The summed E-state index contributed by atoms with van der Waals surface area (Å²) >= 11 is 1.17. The minimum Gasteiger partial charge on any atom is -0.338 e. The van der Waals surface area contributed by atoms with Crippen molar-refractivity contribution in [2.45, 2.75) is 25.4 Å². The van der Waals surface area contributed by atoms with Gasteiger partial charge in [-0.05, 0) is 37.5 Å². The Morgan fingerprint density at radius 3 is 2.59 bits per heavy atom. The van der Waals surface area contributed by atoms with Gasteiger partial charge in [0, 0.05) is 13.1 Å². The monoisotopic (exact) mass is 329 g/mol. The van der Waals surface area contributed by atoms with Gasteiger partial charge in [0.15, 0.2) is 0 Å². The Labute approximate surface area is 128 Å². The van der Waals surface area contributed by atoms with Crippen LogP contribution < -0.4 is 0 Å². The SMILES string of the molecule is O=C(c1ccc(-c2cc(C(F)(F)F)[nH]n2)s1)N1CCCCC1. The minimum absolute atomic E-state index is 0.0532. The van der Waals surface area contributed by atoms with Crippen LogP contribution in [0.1, 0.15) is 34.6 Å². The Balaban J connectivity index is 1.78. The van der Waals surface area contributed by atoms with Crippen molar-refractivity contribution >= 4 is 17.2 Å². The van der Waals surface area contributed by atoms with Crippen molar-refractivity contribution in [3.05, 3.63) is 28.8 Å². The Bertz CT molecular complexity index is 671. The molecule has 1 saturated heterocycles. The fourth-order valence-corrected chi connectivity index (χ4v) is 3.37. The second-order valence-corrected chi connectivity index (χ2v) is 6.27. The van der Waals surface area contributed by atoms with E-state index in [9.17, 15) is 18.0 Å². The highest BCUT2D eigenvalue weighted by atomic mass is 32.1. The van der Waals surface area contributed by atoms with Crippen LogP contribution in [0.5, 0.6) is 0 Å². The predicted molar refractivity (Wildman–Crippen MR) is 76.7 cm³/mol. The van der Waals surface area contributed by atoms with Crippen molar-refractivity contribution in [2.24, 2.45) is 0 Å². The van der Waals surface area contributed by atoms with E-state index < -0.39 is 11.9 Å². The lowest BCUT2D eigenvalue weighted by Crippen LogP contribution is -2.35. The quantitative estimate of drug-likeness (QED) is 0.911. The van der Waals surface area contributed by atoms with E-state index in [0.717, 1.165) is 38.4 Å². The molecule has 0 saturated carbocycles. The number of carbonyl (C=O) groups is 1. The summed E-state index contributed by atoms with van der Waals surface area (Å²) < 4.78 is 37.7. The maximum atomic E-state index is 12.6. The van der Waals surface area contributed by atoms with Gasteiger partial charge in [0.1, 0.15) is 11.4 Å². The first-order valence-electron chi connectivity index (χ1n) is 6.97. The molecule has 22 heavy (non-hydrogen) atoms. The van der Waals surface area contributed by atoms with Gasteiger partial charge in [-0.15, -0.1) is 11.3 Å². The molecule has 3 heterocycles. The Morgan fingerprint density at radius 1 is 1.23 bits per heavy atom. The maximum Gasteiger partial charge on any atom is 0.432 e. The largest absolute Gasteiger partial charge is 0.432 e. The van der Waals surface area contributed by atoms with Gasteiger partial charge in [-0.3, -0.25) is 9.89 Å². The smallest absolute Gasteiger partial charge is 0.338 e. The third-order valence-electron chi connectivity index (χ3n) is 3.60. The number of nitrogens with one attached hydrogen (secondary N) is 1. The number of aromatic nitrogens is 2. The third kappa shape index (κ3) is 3.01. The van der Waals surface area contributed by atoms with Gasteiger partial charge in [-0.2, -0.15) is 18.3 Å². The number of thiophene rings is 1. The van der Waals surface area contributed by atoms with Crippen molar-refractivity contribution in [3.63, 3.8) is 0 Å². The van der Waals surface area contributed by atoms with Gasteiger partial charge >= 0.3 is 6.18 Å². The molecule has 3 rings (SSSR count). The number of hydrogen-bond donors (Lipinski definition) is 1. The van der Waals surface area contributed by atoms with Gasteiger partial charge in [-0.1, -0.05) is 0 Å². The van der Waals surface area contributed by atoms with E-state index in [1.54, 1.807) is 17.0 Å². The topological polar surface area (TPSA) is 49.0 Å². The molecule has 1 amide bonds. The van der Waals surface area contributed by atoms with E-state index in [1.165, 1.54) is 11.3 Å². The standard InChI is InChI=1S/C14H14F3N3OS/c15-14(16,17)12-8-9(18-19-12)10-4-5-11(22-10)13(21)20-6-2-1-3-7-20/h4-5,8H,1-3,6-7H2,(H,18,19). The molecule has 118 valence electrons. The summed E-state index contributed by atoms with van der Waals surface area (Å²) in [6.07, 6.45) is -1.32. The van der Waals surface area contributed by atoms with Gasteiger partial charge in [0.05, 0.1) is 9.75 Å². The van der Waals surface area contributed by atoms with Crippen molar-refractivity contribution in [3.8, 4) is 10.6 Å². The molecule has 0 aliphatic carbocycles. The average Bonchev–Trinajstić information content (AvgIpc) is 3.15. The van der Waals surface area contributed by atoms with E-state index in [2.05, 4.69) is 5.10 Å². The molecule has 0 bridgehead atoms. The molecule has 1 fully saturated rings. The number of rotatable bonds is 2. The first-order chi connectivity index (χ1) is 10.4. The predicted octanol–water partition coefficient (Wildman–Crippen LogP) is 3.78. The number of nitrogens with zero attached hydrogens (tertiary/aromatic N) is 2. The lowest BCUT2D eigenvalue weighted by Gasteiger charge is -2.26. The zero-order valence-corrected chi connectivity index (χ0v) is 12.4. The highest BCUT2D eigenvalue weighted by Gasteiger charge is 2.33. The summed E-state index contributed by atoms with van der Waals surface area (Å²) in [5.74, 6) is -0.0532. The Morgan fingerprint density at radius 2 is 1.95 bits per heavy atom. The van der Waals surface area contributed by atoms with Crippen LogP contribution in [-0.2, 0) is 6.18 Å². The molecule has 0 aromatic carbocycles. The molecule has 1 aliphatic rings. The average molecular weight is 329 g/mol. The lowest BCUT2D eigenvalue weighted by molar-refractivity contribution is -0.141. The molecule has 8 heteroatoms. The first kappa shape index (κ1) is 15.1. The van der Waals surface area contributed by atoms with Crippen molar-refractivity contribution in [1.82, 2.24) is 15.1 Å². The second-order valence-electron chi connectivity index (χ2n) is 5.18. The highest BCUT2D eigenvalue weighted by molar-refractivity contribution is 7.17. The van der Waals surface area contributed by atoms with E-state index >= 15 is 0 Å². The second kappa shape index (κ2) is 5.75. The van der Waals surface area contributed by atoms with E-state index in [0.29, 0.717) is 9.75 Å². The summed E-state index contributed by atoms with van der Waals surface area (Å²) in [4.78, 5) is 15.2. The lowest BCUT2D eigenvalue weighted by atomic mass is 10.1. The van der Waals surface area contributed by atoms with Gasteiger partial charge in [0.25, 0.3) is 5.91 Å². The number of aromatic amines is 1. The number of carbonyl (C=O) groups excluding carboxylic acids is 1. The molecule has 2 aromatic heterocycles. The molecule has 0 atom stereocenters. The summed E-state index contributed by atoms with van der Waals surface area (Å²) in [7, 11) is 0. The fourth-order valence-electron chi connectivity index (χ4n) is 2.44. The van der Waals surface area contributed by atoms with Gasteiger partial charge in [0.2, 0.25) is 0 Å². The molecule has 4 nitrogen and oxygen atoms in total. The highest BCUT2D eigenvalue weighted by Crippen LogP contribution is 2.33. The summed E-state index contributed by atoms with van der Waals surface area (Å²) in [6, 6.07) is 4.25.